The van der Waals surface area contributed by atoms with Crippen molar-refractivity contribution >= 4 is 28.1 Å². The fourth-order valence-electron chi connectivity index (χ4n) is 1.29. The van der Waals surface area contributed by atoms with Crippen LogP contribution in [-0.4, -0.2) is 9.97 Å². The lowest BCUT2D eigenvalue weighted by Gasteiger charge is -2.03. The Bertz CT molecular complexity index is 574. The molecule has 0 aliphatic heterocycles. The second-order valence-electron chi connectivity index (χ2n) is 2.98. The number of halogens is 1. The van der Waals surface area contributed by atoms with Gasteiger partial charge in [-0.3, -0.25) is 9.78 Å². The summed E-state index contributed by atoms with van der Waals surface area (Å²) in [7, 11) is 0. The third-order valence-corrected chi connectivity index (χ3v) is 2.82. The van der Waals surface area contributed by atoms with E-state index in [1.54, 1.807) is 0 Å². The third-order valence-electron chi connectivity index (χ3n) is 1.92. The van der Waals surface area contributed by atoms with Crippen LogP contribution in [0.5, 0.6) is 0 Å². The SMILES string of the molecule is O=c1cc(-c2ccccc2Br)[nH]c(=S)[nH]1. The standard InChI is InChI=1S/C10H7BrN2OS/c11-7-4-2-1-3-6(7)8-5-9(14)13-10(15)12-8/h1-5H,(H2,12,13,14,15). The molecule has 3 nitrogen and oxygen atoms in total. The number of aromatic nitrogens is 2. The van der Waals surface area contributed by atoms with Crippen molar-refractivity contribution in [3.8, 4) is 11.3 Å². The summed E-state index contributed by atoms with van der Waals surface area (Å²) in [5, 5.41) is 0. The van der Waals surface area contributed by atoms with E-state index >= 15 is 0 Å². The van der Waals surface area contributed by atoms with E-state index in [1.807, 2.05) is 24.3 Å². The Morgan fingerprint density at radius 1 is 1.20 bits per heavy atom. The number of nitrogens with one attached hydrogen (secondary N) is 2. The average molecular weight is 283 g/mol. The van der Waals surface area contributed by atoms with E-state index in [2.05, 4.69) is 25.9 Å². The zero-order valence-electron chi connectivity index (χ0n) is 7.58. The van der Waals surface area contributed by atoms with Gasteiger partial charge in [-0.15, -0.1) is 0 Å². The number of H-pyrrole nitrogens is 2. The summed E-state index contributed by atoms with van der Waals surface area (Å²) in [5.41, 5.74) is 1.41. The Hall–Kier alpha value is -1.20. The summed E-state index contributed by atoms with van der Waals surface area (Å²) < 4.78 is 1.24. The molecule has 1 heterocycles. The molecule has 1 aromatic carbocycles. The normalized spacial score (nSPS) is 10.2. The van der Waals surface area contributed by atoms with Crippen LogP contribution in [-0.2, 0) is 0 Å². The van der Waals surface area contributed by atoms with E-state index in [4.69, 9.17) is 12.2 Å². The van der Waals surface area contributed by atoms with Crippen molar-refractivity contribution in [3.05, 3.63) is 49.9 Å². The Kier molecular flexibility index (Phi) is 2.83. The molecule has 15 heavy (non-hydrogen) atoms. The zero-order chi connectivity index (χ0) is 10.8. The molecule has 0 amide bonds. The summed E-state index contributed by atoms with van der Waals surface area (Å²) in [6, 6.07) is 9.11. The maximum atomic E-state index is 11.2. The first-order chi connectivity index (χ1) is 7.16. The lowest BCUT2D eigenvalue weighted by Crippen LogP contribution is -2.06. The van der Waals surface area contributed by atoms with Crippen LogP contribution in [0.2, 0.25) is 0 Å². The van der Waals surface area contributed by atoms with Crippen LogP contribution < -0.4 is 5.56 Å². The fraction of sp³-hybridized carbons (Fsp3) is 0. The molecule has 0 bridgehead atoms. The second-order valence-corrected chi connectivity index (χ2v) is 4.24. The molecule has 2 rings (SSSR count). The smallest absolute Gasteiger partial charge is 0.252 e. The van der Waals surface area contributed by atoms with E-state index < -0.39 is 0 Å². The summed E-state index contributed by atoms with van der Waals surface area (Å²) in [6.07, 6.45) is 0. The minimum absolute atomic E-state index is 0.204. The van der Waals surface area contributed by atoms with Crippen molar-refractivity contribution in [2.24, 2.45) is 0 Å². The average Bonchev–Trinajstić information content (AvgIpc) is 2.16. The number of hydrogen-bond donors (Lipinski definition) is 2. The number of aromatic amines is 2. The van der Waals surface area contributed by atoms with Gasteiger partial charge in [-0.05, 0) is 18.3 Å². The van der Waals surface area contributed by atoms with Crippen LogP contribution in [0.3, 0.4) is 0 Å². The van der Waals surface area contributed by atoms with Gasteiger partial charge in [-0.25, -0.2) is 0 Å². The van der Waals surface area contributed by atoms with Crippen LogP contribution in [0.1, 0.15) is 0 Å². The molecule has 0 saturated heterocycles. The molecule has 0 aliphatic rings. The second kappa shape index (κ2) is 4.12. The van der Waals surface area contributed by atoms with Crippen LogP contribution >= 0.6 is 28.1 Å². The fourth-order valence-corrected chi connectivity index (χ4v) is 2.00. The topological polar surface area (TPSA) is 48.6 Å². The predicted molar refractivity (Wildman–Crippen MR) is 65.4 cm³/mol. The molecule has 2 aromatic rings. The van der Waals surface area contributed by atoms with Gasteiger partial charge in [0, 0.05) is 16.1 Å². The molecule has 0 radical (unpaired) electrons. The first-order valence-electron chi connectivity index (χ1n) is 4.25. The van der Waals surface area contributed by atoms with Crippen LogP contribution in [0, 0.1) is 4.77 Å². The van der Waals surface area contributed by atoms with Gasteiger partial charge < -0.3 is 4.98 Å². The molecule has 76 valence electrons. The molecule has 5 heteroatoms. The molecular formula is C10H7BrN2OS. The molecular weight excluding hydrogens is 276 g/mol. The van der Waals surface area contributed by atoms with Crippen molar-refractivity contribution in [3.63, 3.8) is 0 Å². The van der Waals surface area contributed by atoms with E-state index in [0.717, 1.165) is 10.0 Å². The van der Waals surface area contributed by atoms with Crippen molar-refractivity contribution in [2.75, 3.05) is 0 Å². The number of benzene rings is 1. The van der Waals surface area contributed by atoms with Crippen molar-refractivity contribution in [1.29, 1.82) is 0 Å². The van der Waals surface area contributed by atoms with Crippen LogP contribution in [0.15, 0.2) is 39.6 Å². The highest BCUT2D eigenvalue weighted by molar-refractivity contribution is 9.10. The highest BCUT2D eigenvalue weighted by atomic mass is 79.9. The lowest BCUT2D eigenvalue weighted by atomic mass is 10.1. The maximum absolute atomic E-state index is 11.2. The van der Waals surface area contributed by atoms with E-state index in [0.29, 0.717) is 10.5 Å². The molecule has 0 unspecified atom stereocenters. The van der Waals surface area contributed by atoms with E-state index in [1.165, 1.54) is 6.07 Å². The van der Waals surface area contributed by atoms with E-state index in [-0.39, 0.29) is 5.56 Å². The first-order valence-corrected chi connectivity index (χ1v) is 5.45. The highest BCUT2D eigenvalue weighted by Crippen LogP contribution is 2.24. The van der Waals surface area contributed by atoms with Gasteiger partial charge in [-0.1, -0.05) is 34.1 Å². The van der Waals surface area contributed by atoms with Gasteiger partial charge in [-0.2, -0.15) is 0 Å². The minimum atomic E-state index is -0.204. The Morgan fingerprint density at radius 2 is 1.93 bits per heavy atom. The molecule has 0 atom stereocenters. The summed E-state index contributed by atoms with van der Waals surface area (Å²) in [6.45, 7) is 0. The largest absolute Gasteiger partial charge is 0.332 e. The van der Waals surface area contributed by atoms with Crippen molar-refractivity contribution in [1.82, 2.24) is 9.97 Å². The van der Waals surface area contributed by atoms with Gasteiger partial charge in [0.05, 0.1) is 5.69 Å². The lowest BCUT2D eigenvalue weighted by molar-refractivity contribution is 1.09. The quantitative estimate of drug-likeness (QED) is 0.791. The Labute approximate surface area is 99.3 Å². The van der Waals surface area contributed by atoms with Gasteiger partial charge >= 0.3 is 0 Å². The Balaban J connectivity index is 2.70. The van der Waals surface area contributed by atoms with Gasteiger partial charge in [0.2, 0.25) is 0 Å². The third kappa shape index (κ3) is 2.24. The first kappa shape index (κ1) is 10.3. The monoisotopic (exact) mass is 282 g/mol. The van der Waals surface area contributed by atoms with Crippen LogP contribution in [0.25, 0.3) is 11.3 Å². The number of rotatable bonds is 1. The molecule has 0 saturated carbocycles. The van der Waals surface area contributed by atoms with Gasteiger partial charge in [0.15, 0.2) is 4.77 Å². The van der Waals surface area contributed by atoms with Crippen molar-refractivity contribution < 1.29 is 0 Å². The zero-order valence-corrected chi connectivity index (χ0v) is 9.98. The van der Waals surface area contributed by atoms with Crippen LogP contribution in [0.4, 0.5) is 0 Å². The summed E-state index contributed by atoms with van der Waals surface area (Å²) >= 11 is 8.32. The van der Waals surface area contributed by atoms with Crippen molar-refractivity contribution in [2.45, 2.75) is 0 Å². The molecule has 0 fully saturated rings. The summed E-state index contributed by atoms with van der Waals surface area (Å²) in [5.74, 6) is 0. The molecule has 0 spiro atoms. The number of hydrogen-bond acceptors (Lipinski definition) is 2. The summed E-state index contributed by atoms with van der Waals surface area (Å²) in [4.78, 5) is 16.7. The molecule has 0 aliphatic carbocycles. The molecule has 1 aromatic heterocycles. The maximum Gasteiger partial charge on any atom is 0.252 e. The van der Waals surface area contributed by atoms with E-state index in [9.17, 15) is 4.79 Å². The molecule has 2 N–H and O–H groups in total. The Morgan fingerprint density at radius 3 is 2.60 bits per heavy atom. The van der Waals surface area contributed by atoms with Gasteiger partial charge in [0.25, 0.3) is 5.56 Å². The highest BCUT2D eigenvalue weighted by Gasteiger charge is 2.02. The van der Waals surface area contributed by atoms with Gasteiger partial charge in [0.1, 0.15) is 0 Å². The minimum Gasteiger partial charge on any atom is -0.332 e. The predicted octanol–water partition coefficient (Wildman–Crippen LogP) is 2.86.